The Kier molecular flexibility index (Phi) is 9.15. The minimum atomic E-state index is -2.11. The van der Waals surface area contributed by atoms with E-state index < -0.39 is 14.3 Å². The number of amides is 2. The zero-order chi connectivity index (χ0) is 33.5. The highest BCUT2D eigenvalue weighted by Gasteiger charge is 2.46. The monoisotopic (exact) mass is 653 g/mol. The molecule has 5 heterocycles. The number of ether oxygens (including phenoxy) is 1. The summed E-state index contributed by atoms with van der Waals surface area (Å²) in [7, 11) is -2.11. The fraction of sp³-hybridized carbons (Fsp3) is 0.459. The molecule has 1 unspecified atom stereocenters. The molecule has 10 heteroatoms. The molecule has 0 aliphatic carbocycles. The fourth-order valence-corrected chi connectivity index (χ4v) is 15.0. The van der Waals surface area contributed by atoms with Crippen molar-refractivity contribution in [3.05, 3.63) is 61.2 Å². The smallest absolute Gasteiger partial charge is 0.407 e. The van der Waals surface area contributed by atoms with Crippen LogP contribution in [-0.4, -0.2) is 70.2 Å². The van der Waals surface area contributed by atoms with E-state index in [1.807, 2.05) is 47.8 Å². The fourth-order valence-electron chi connectivity index (χ4n) is 8.48. The minimum absolute atomic E-state index is 0.173. The Morgan fingerprint density at radius 2 is 1.62 bits per heavy atom. The first-order valence-electron chi connectivity index (χ1n) is 17.0. The van der Waals surface area contributed by atoms with E-state index in [1.54, 1.807) is 0 Å². The van der Waals surface area contributed by atoms with Crippen molar-refractivity contribution in [2.75, 3.05) is 24.5 Å². The molecule has 2 fully saturated rings. The molecule has 1 atom stereocenters. The zero-order valence-electron chi connectivity index (χ0n) is 28.4. The van der Waals surface area contributed by atoms with E-state index in [2.05, 4.69) is 64.1 Å². The van der Waals surface area contributed by atoms with E-state index in [0.29, 0.717) is 41.9 Å². The number of pyridine rings is 2. The summed E-state index contributed by atoms with van der Waals surface area (Å²) in [4.78, 5) is 37.2. The van der Waals surface area contributed by atoms with Crippen molar-refractivity contribution in [1.82, 2.24) is 19.1 Å². The van der Waals surface area contributed by atoms with Crippen LogP contribution in [0.3, 0.4) is 0 Å². The lowest BCUT2D eigenvalue weighted by Gasteiger charge is -2.44. The molecule has 1 aromatic carbocycles. The van der Waals surface area contributed by atoms with E-state index in [9.17, 15) is 14.7 Å². The molecule has 0 radical (unpaired) electrons. The first-order valence-corrected chi connectivity index (χ1v) is 19.2. The van der Waals surface area contributed by atoms with Crippen LogP contribution in [0, 0.1) is 0 Å². The van der Waals surface area contributed by atoms with Crippen molar-refractivity contribution in [3.63, 3.8) is 0 Å². The highest BCUT2D eigenvalue weighted by molar-refractivity contribution is 6.82. The Labute approximate surface area is 278 Å². The molecule has 1 N–H and O–H groups in total. The summed E-state index contributed by atoms with van der Waals surface area (Å²) < 4.78 is 9.18. The van der Waals surface area contributed by atoms with Crippen molar-refractivity contribution in [2.24, 2.45) is 0 Å². The maximum atomic E-state index is 12.3. The van der Waals surface area contributed by atoms with E-state index in [4.69, 9.17) is 14.7 Å². The molecule has 2 saturated heterocycles. The molecule has 2 amide bonds. The van der Waals surface area contributed by atoms with Crippen LogP contribution in [0.15, 0.2) is 61.2 Å². The summed E-state index contributed by atoms with van der Waals surface area (Å²) in [6.07, 6.45) is 9.64. The number of fused-ring (bicyclic) bond motifs is 1. The van der Waals surface area contributed by atoms with Crippen LogP contribution in [-0.2, 0) is 4.79 Å². The highest BCUT2D eigenvalue weighted by atomic mass is 28.3. The summed E-state index contributed by atoms with van der Waals surface area (Å²) in [5.41, 5.74) is 7.16. The lowest BCUT2D eigenvalue weighted by atomic mass is 9.99. The van der Waals surface area contributed by atoms with Gasteiger partial charge in [-0.15, -0.1) is 0 Å². The minimum Gasteiger partial charge on any atom is -0.486 e. The van der Waals surface area contributed by atoms with E-state index in [0.717, 1.165) is 64.8 Å². The molecular formula is C37H47N5O4Si. The molecule has 3 aromatic heterocycles. The van der Waals surface area contributed by atoms with Crippen molar-refractivity contribution >= 4 is 37.0 Å². The second-order valence-electron chi connectivity index (χ2n) is 14.0. The predicted octanol–water partition coefficient (Wildman–Crippen LogP) is 8.44. The van der Waals surface area contributed by atoms with Gasteiger partial charge in [-0.05, 0) is 71.9 Å². The molecule has 0 saturated carbocycles. The van der Waals surface area contributed by atoms with Crippen LogP contribution in [0.25, 0.3) is 33.3 Å². The molecule has 0 bridgehead atoms. The van der Waals surface area contributed by atoms with Gasteiger partial charge < -0.3 is 23.9 Å². The van der Waals surface area contributed by atoms with Crippen molar-refractivity contribution in [3.8, 4) is 28.0 Å². The molecule has 248 valence electrons. The SMILES string of the molecule is CC(C)[Si](C(C)C)(C(C)C)n1ccc2c(-c3cncc(-c4ccc(N5CCCC5=O)cc4)c3)c(OC3CCCN(C(=O)O)C3)cnc21. The molecule has 47 heavy (non-hydrogen) atoms. The molecular weight excluding hydrogens is 607 g/mol. The largest absolute Gasteiger partial charge is 0.486 e. The van der Waals surface area contributed by atoms with E-state index in [1.165, 1.54) is 4.90 Å². The number of likely N-dealkylation sites (tertiary alicyclic amines) is 1. The first kappa shape index (κ1) is 32.7. The number of hydrogen-bond acceptors (Lipinski definition) is 5. The number of rotatable bonds is 9. The number of carbonyl (C=O) groups is 2. The molecule has 2 aliphatic rings. The van der Waals surface area contributed by atoms with Crippen molar-refractivity contribution in [2.45, 2.75) is 90.0 Å². The number of benzene rings is 1. The van der Waals surface area contributed by atoms with Gasteiger partial charge in [0.2, 0.25) is 5.91 Å². The molecule has 4 aromatic rings. The van der Waals surface area contributed by atoms with Gasteiger partial charge in [0.25, 0.3) is 0 Å². The van der Waals surface area contributed by atoms with Gasteiger partial charge in [-0.25, -0.2) is 9.78 Å². The Morgan fingerprint density at radius 1 is 0.915 bits per heavy atom. The van der Waals surface area contributed by atoms with Crippen LogP contribution in [0.5, 0.6) is 5.75 Å². The third-order valence-electron chi connectivity index (χ3n) is 10.4. The van der Waals surface area contributed by atoms with Gasteiger partial charge in [0.15, 0.2) is 8.24 Å². The maximum absolute atomic E-state index is 12.3. The molecule has 9 nitrogen and oxygen atoms in total. The lowest BCUT2D eigenvalue weighted by Crippen LogP contribution is -2.51. The van der Waals surface area contributed by atoms with Crippen molar-refractivity contribution in [1.29, 1.82) is 0 Å². The third-order valence-corrected chi connectivity index (χ3v) is 17.2. The average molecular weight is 654 g/mol. The Hall–Kier alpha value is -4.18. The second kappa shape index (κ2) is 13.1. The number of anilines is 1. The number of piperidine rings is 1. The molecule has 6 rings (SSSR count). The number of carboxylic acid groups (broad SMARTS) is 1. The van der Waals surface area contributed by atoms with Crippen molar-refractivity contribution < 1.29 is 19.4 Å². The van der Waals surface area contributed by atoms with Crippen LogP contribution >= 0.6 is 0 Å². The number of aromatic nitrogens is 3. The lowest BCUT2D eigenvalue weighted by molar-refractivity contribution is -0.117. The quantitative estimate of drug-likeness (QED) is 0.182. The van der Waals surface area contributed by atoms with Gasteiger partial charge in [0.1, 0.15) is 17.5 Å². The van der Waals surface area contributed by atoms with Gasteiger partial charge in [0.05, 0.1) is 12.7 Å². The summed E-state index contributed by atoms with van der Waals surface area (Å²) in [6.45, 7) is 15.7. The van der Waals surface area contributed by atoms with E-state index in [-0.39, 0.29) is 12.0 Å². The number of hydrogen-bond donors (Lipinski definition) is 1. The summed E-state index contributed by atoms with van der Waals surface area (Å²) in [5, 5.41) is 10.7. The Bertz CT molecular complexity index is 1740. The Balaban J connectivity index is 1.47. The Morgan fingerprint density at radius 3 is 2.26 bits per heavy atom. The summed E-state index contributed by atoms with van der Waals surface area (Å²) in [6, 6.07) is 12.4. The van der Waals surface area contributed by atoms with Crippen LogP contribution in [0.1, 0.15) is 67.2 Å². The van der Waals surface area contributed by atoms with Crippen LogP contribution in [0.4, 0.5) is 10.5 Å². The van der Waals surface area contributed by atoms with E-state index >= 15 is 0 Å². The summed E-state index contributed by atoms with van der Waals surface area (Å²) >= 11 is 0. The van der Waals surface area contributed by atoms with Gasteiger partial charge in [0, 0.05) is 59.7 Å². The highest BCUT2D eigenvalue weighted by Crippen LogP contribution is 2.46. The topological polar surface area (TPSA) is 101 Å². The van der Waals surface area contributed by atoms with Gasteiger partial charge in [-0.3, -0.25) is 9.78 Å². The second-order valence-corrected chi connectivity index (χ2v) is 19.8. The van der Waals surface area contributed by atoms with Crippen LogP contribution < -0.4 is 9.64 Å². The average Bonchev–Trinajstić information content (AvgIpc) is 3.67. The molecule has 2 aliphatic heterocycles. The van der Waals surface area contributed by atoms with Crippen LogP contribution in [0.2, 0.25) is 16.6 Å². The van der Waals surface area contributed by atoms with Gasteiger partial charge in [-0.2, -0.15) is 0 Å². The van der Waals surface area contributed by atoms with Gasteiger partial charge in [-0.1, -0.05) is 53.7 Å². The third kappa shape index (κ3) is 5.92. The predicted molar refractivity (Wildman–Crippen MR) is 190 cm³/mol. The first-order chi connectivity index (χ1) is 22.5. The number of nitrogens with zero attached hydrogens (tertiary/aromatic N) is 5. The maximum Gasteiger partial charge on any atom is 0.407 e. The number of carbonyl (C=O) groups excluding carboxylic acids is 1. The standard InChI is InChI=1S/C37H47N5O4Si/c1-24(2)47(25(3)4,26(5)6)42-18-15-32-35(33(22-39-36(32)42)46-31-9-7-16-40(23-31)37(44)45)29-19-28(20-38-21-29)27-11-13-30(14-12-27)41-17-8-10-34(41)43/h11-15,18-22,24-26,31H,7-10,16-17,23H2,1-6H3,(H,44,45). The summed E-state index contributed by atoms with van der Waals surface area (Å²) in [5.74, 6) is 0.812. The normalized spacial score (nSPS) is 17.5. The van der Waals surface area contributed by atoms with Gasteiger partial charge >= 0.3 is 6.09 Å². The molecule has 0 spiro atoms. The zero-order valence-corrected chi connectivity index (χ0v) is 29.4.